The number of halogens is 1. The number of hydrogen-bond acceptors (Lipinski definition) is 2. The average molecular weight is 399 g/mol. The fraction of sp³-hybridized carbons (Fsp3) is 0.391. The first kappa shape index (κ1) is 22.4. The van der Waals surface area contributed by atoms with Crippen molar-refractivity contribution in [3.63, 3.8) is 0 Å². The molecule has 0 spiro atoms. The molecular weight excluding hydrogens is 367 g/mol. The van der Waals surface area contributed by atoms with Gasteiger partial charge in [-0.3, -0.25) is 9.79 Å². The van der Waals surface area contributed by atoms with Gasteiger partial charge in [0.2, 0.25) is 5.91 Å². The van der Waals surface area contributed by atoms with E-state index in [1.807, 2.05) is 44.2 Å². The molecule has 0 heterocycles. The summed E-state index contributed by atoms with van der Waals surface area (Å²) in [7, 11) is 1.72. The zero-order valence-electron chi connectivity index (χ0n) is 17.8. The summed E-state index contributed by atoms with van der Waals surface area (Å²) in [6.07, 6.45) is 0. The number of nitrogens with zero attached hydrogens (tertiary/aromatic N) is 1. The highest BCUT2D eigenvalue weighted by Gasteiger charge is 2.21. The third-order valence-corrected chi connectivity index (χ3v) is 4.73. The largest absolute Gasteiger partial charge is 0.356 e. The second-order valence-electron chi connectivity index (χ2n) is 8.01. The van der Waals surface area contributed by atoms with Gasteiger partial charge in [-0.25, -0.2) is 4.39 Å². The Morgan fingerprint density at radius 1 is 1.10 bits per heavy atom. The number of rotatable bonds is 7. The van der Waals surface area contributed by atoms with E-state index in [4.69, 9.17) is 0 Å². The molecule has 156 valence electrons. The highest BCUT2D eigenvalue weighted by Crippen LogP contribution is 2.22. The molecule has 0 saturated carbocycles. The van der Waals surface area contributed by atoms with Crippen molar-refractivity contribution in [3.05, 3.63) is 65.5 Å². The van der Waals surface area contributed by atoms with Crippen molar-refractivity contribution in [1.82, 2.24) is 10.6 Å². The normalized spacial score (nSPS) is 12.0. The van der Waals surface area contributed by atoms with Crippen LogP contribution in [0.15, 0.2) is 53.5 Å². The summed E-state index contributed by atoms with van der Waals surface area (Å²) in [6.45, 7) is 9.05. The van der Waals surface area contributed by atoms with E-state index in [-0.39, 0.29) is 23.1 Å². The van der Waals surface area contributed by atoms with Gasteiger partial charge in [0.05, 0.1) is 0 Å². The quantitative estimate of drug-likeness (QED) is 0.487. The molecule has 1 amide bonds. The predicted octanol–water partition coefficient (Wildman–Crippen LogP) is 4.06. The Morgan fingerprint density at radius 3 is 2.38 bits per heavy atom. The van der Waals surface area contributed by atoms with Crippen molar-refractivity contribution in [2.45, 2.75) is 39.7 Å². The predicted molar refractivity (Wildman–Crippen MR) is 118 cm³/mol. The third-order valence-electron chi connectivity index (χ3n) is 4.73. The van der Waals surface area contributed by atoms with Gasteiger partial charge in [-0.2, -0.15) is 0 Å². The van der Waals surface area contributed by atoms with Crippen molar-refractivity contribution in [1.29, 1.82) is 0 Å². The average Bonchev–Trinajstić information content (AvgIpc) is 2.69. The smallest absolute Gasteiger partial charge is 0.226 e. The number of anilines is 1. The minimum Gasteiger partial charge on any atom is -0.356 e. The first-order valence-electron chi connectivity index (χ1n) is 9.81. The summed E-state index contributed by atoms with van der Waals surface area (Å²) in [4.78, 5) is 16.0. The summed E-state index contributed by atoms with van der Waals surface area (Å²) >= 11 is 0. The van der Waals surface area contributed by atoms with Crippen LogP contribution < -0.4 is 16.0 Å². The second kappa shape index (κ2) is 10.0. The van der Waals surface area contributed by atoms with Crippen LogP contribution in [0.4, 0.5) is 10.1 Å². The highest BCUT2D eigenvalue weighted by atomic mass is 19.1. The van der Waals surface area contributed by atoms with Crippen molar-refractivity contribution in [2.75, 3.05) is 18.9 Å². The highest BCUT2D eigenvalue weighted by molar-refractivity contribution is 5.92. The number of aliphatic imine (C=N–C) groups is 1. The van der Waals surface area contributed by atoms with Crippen LogP contribution in [0.3, 0.4) is 0 Å². The van der Waals surface area contributed by atoms with Gasteiger partial charge in [0, 0.05) is 37.2 Å². The van der Waals surface area contributed by atoms with E-state index in [2.05, 4.69) is 34.8 Å². The third kappa shape index (κ3) is 6.89. The van der Waals surface area contributed by atoms with E-state index >= 15 is 0 Å². The molecule has 5 nitrogen and oxygen atoms in total. The molecule has 0 saturated heterocycles. The lowest BCUT2D eigenvalue weighted by atomic mass is 9.84. The Labute approximate surface area is 172 Å². The van der Waals surface area contributed by atoms with Crippen molar-refractivity contribution in [2.24, 2.45) is 10.9 Å². The zero-order valence-corrected chi connectivity index (χ0v) is 17.8. The van der Waals surface area contributed by atoms with E-state index in [9.17, 15) is 9.18 Å². The molecule has 0 aromatic heterocycles. The molecule has 0 unspecified atom stereocenters. The number of carbonyl (C=O) groups excluding carboxylic acids is 1. The molecule has 0 atom stereocenters. The molecule has 0 aliphatic heterocycles. The molecule has 0 bridgehead atoms. The fourth-order valence-electron chi connectivity index (χ4n) is 2.72. The second-order valence-corrected chi connectivity index (χ2v) is 8.01. The van der Waals surface area contributed by atoms with Gasteiger partial charge in [0.15, 0.2) is 5.96 Å². The van der Waals surface area contributed by atoms with E-state index in [1.165, 1.54) is 6.07 Å². The van der Waals surface area contributed by atoms with Crippen LogP contribution in [0.25, 0.3) is 0 Å². The summed E-state index contributed by atoms with van der Waals surface area (Å²) in [5.74, 6) is 0.390. The molecule has 2 rings (SSSR count). The first-order valence-corrected chi connectivity index (χ1v) is 9.81. The lowest BCUT2D eigenvalue weighted by molar-refractivity contribution is -0.118. The van der Waals surface area contributed by atoms with Gasteiger partial charge in [-0.15, -0.1) is 0 Å². The first-order chi connectivity index (χ1) is 13.7. The van der Waals surface area contributed by atoms with Crippen LogP contribution in [0.1, 0.15) is 38.8 Å². The maximum atomic E-state index is 13.5. The van der Waals surface area contributed by atoms with Crippen LogP contribution in [-0.2, 0) is 16.8 Å². The maximum Gasteiger partial charge on any atom is 0.226 e. The number of benzene rings is 2. The lowest BCUT2D eigenvalue weighted by Gasteiger charge is -2.27. The lowest BCUT2D eigenvalue weighted by Crippen LogP contribution is -2.43. The van der Waals surface area contributed by atoms with Crippen LogP contribution in [-0.4, -0.2) is 25.5 Å². The SMILES string of the molecule is CN=C(NCc1ccc(NC(=O)C(C)C)cc1)NCC(C)(C)c1cccc(F)c1. The Balaban J connectivity index is 1.88. The van der Waals surface area contributed by atoms with E-state index in [0.29, 0.717) is 19.0 Å². The van der Waals surface area contributed by atoms with Gasteiger partial charge >= 0.3 is 0 Å². The minimum atomic E-state index is -0.254. The topological polar surface area (TPSA) is 65.5 Å². The monoisotopic (exact) mass is 398 g/mol. The summed E-state index contributed by atoms with van der Waals surface area (Å²) in [5, 5.41) is 9.46. The number of nitrogens with one attached hydrogen (secondary N) is 3. The zero-order chi connectivity index (χ0) is 21.4. The molecule has 0 fully saturated rings. The van der Waals surface area contributed by atoms with Crippen molar-refractivity contribution in [3.8, 4) is 0 Å². The Hall–Kier alpha value is -2.89. The summed E-state index contributed by atoms with van der Waals surface area (Å²) < 4.78 is 13.5. The molecule has 0 radical (unpaired) electrons. The number of amides is 1. The summed E-state index contributed by atoms with van der Waals surface area (Å²) in [5.41, 5.74) is 2.53. The number of hydrogen-bond donors (Lipinski definition) is 3. The molecule has 3 N–H and O–H groups in total. The molecule has 2 aromatic carbocycles. The Morgan fingerprint density at radius 2 is 1.79 bits per heavy atom. The fourth-order valence-corrected chi connectivity index (χ4v) is 2.72. The van der Waals surface area contributed by atoms with Gasteiger partial charge in [0.25, 0.3) is 0 Å². The van der Waals surface area contributed by atoms with E-state index in [0.717, 1.165) is 16.8 Å². The maximum absolute atomic E-state index is 13.5. The minimum absolute atomic E-state index is 0.00129. The van der Waals surface area contributed by atoms with Crippen LogP contribution in [0, 0.1) is 11.7 Å². The van der Waals surface area contributed by atoms with Crippen LogP contribution in [0.2, 0.25) is 0 Å². The molecule has 2 aromatic rings. The van der Waals surface area contributed by atoms with Crippen molar-refractivity contribution < 1.29 is 9.18 Å². The number of guanidine groups is 1. The summed E-state index contributed by atoms with van der Waals surface area (Å²) in [6, 6.07) is 14.4. The van der Waals surface area contributed by atoms with Crippen molar-refractivity contribution >= 4 is 17.6 Å². The van der Waals surface area contributed by atoms with Crippen LogP contribution in [0.5, 0.6) is 0 Å². The van der Waals surface area contributed by atoms with Gasteiger partial charge in [-0.05, 0) is 35.4 Å². The standard InChI is InChI=1S/C23H31FN4O/c1-16(2)21(29)28-20-11-9-17(10-12-20)14-26-22(25-5)27-15-23(3,4)18-7-6-8-19(24)13-18/h6-13,16H,14-15H2,1-5H3,(H,28,29)(H2,25,26,27). The Kier molecular flexibility index (Phi) is 7.76. The van der Waals surface area contributed by atoms with Gasteiger partial charge in [-0.1, -0.05) is 52.0 Å². The number of carbonyl (C=O) groups is 1. The molecule has 29 heavy (non-hydrogen) atoms. The molecule has 6 heteroatoms. The van der Waals surface area contributed by atoms with E-state index < -0.39 is 0 Å². The van der Waals surface area contributed by atoms with Gasteiger partial charge in [0.1, 0.15) is 5.82 Å². The Bertz CT molecular complexity index is 844. The van der Waals surface area contributed by atoms with Crippen LogP contribution >= 0.6 is 0 Å². The van der Waals surface area contributed by atoms with Gasteiger partial charge < -0.3 is 16.0 Å². The molecule has 0 aliphatic carbocycles. The molecule has 0 aliphatic rings. The van der Waals surface area contributed by atoms with E-state index in [1.54, 1.807) is 19.2 Å². The molecular formula is C23H31FN4O.